The van der Waals surface area contributed by atoms with Gasteiger partial charge in [-0.2, -0.15) is 0 Å². The van der Waals surface area contributed by atoms with E-state index in [1.807, 2.05) is 38.1 Å². The van der Waals surface area contributed by atoms with E-state index in [-0.39, 0.29) is 6.61 Å². The minimum atomic E-state index is -0.478. The summed E-state index contributed by atoms with van der Waals surface area (Å²) >= 11 is 0. The van der Waals surface area contributed by atoms with E-state index < -0.39 is 17.2 Å². The van der Waals surface area contributed by atoms with Crippen LogP contribution in [0, 0.1) is 0 Å². The number of aromatic nitrogens is 5. The van der Waals surface area contributed by atoms with Gasteiger partial charge in [-0.05, 0) is 43.7 Å². The van der Waals surface area contributed by atoms with E-state index in [1.54, 1.807) is 4.57 Å². The zero-order valence-electron chi connectivity index (χ0n) is 20.1. The third-order valence-corrected chi connectivity index (χ3v) is 6.60. The normalized spacial score (nSPS) is 13.0. The number of aryl methyl sites for hydroxylation is 3. The van der Waals surface area contributed by atoms with E-state index in [9.17, 15) is 14.4 Å². The summed E-state index contributed by atoms with van der Waals surface area (Å²) in [6.07, 6.45) is 5.05. The van der Waals surface area contributed by atoms with Crippen LogP contribution in [0.4, 0.5) is 0 Å². The molecule has 0 amide bonds. The van der Waals surface area contributed by atoms with Gasteiger partial charge in [-0.1, -0.05) is 38.5 Å². The van der Waals surface area contributed by atoms with E-state index in [0.29, 0.717) is 35.6 Å². The molecule has 0 saturated carbocycles. The highest BCUT2D eigenvalue weighted by atomic mass is 16.5. The van der Waals surface area contributed by atoms with E-state index in [0.717, 1.165) is 60.7 Å². The molecule has 4 aromatic rings. The molecule has 3 aromatic heterocycles. The zero-order valence-corrected chi connectivity index (χ0v) is 20.1. The lowest BCUT2D eigenvalue weighted by molar-refractivity contribution is 0.0459. The Kier molecular flexibility index (Phi) is 6.23. The maximum Gasteiger partial charge on any atom is 0.339 e. The summed E-state index contributed by atoms with van der Waals surface area (Å²) < 4.78 is 9.07. The molecule has 1 aliphatic rings. The molecule has 0 spiro atoms. The van der Waals surface area contributed by atoms with Crippen molar-refractivity contribution in [3.05, 3.63) is 67.7 Å². The highest BCUT2D eigenvalue weighted by Crippen LogP contribution is 2.30. The first-order valence-corrected chi connectivity index (χ1v) is 12.3. The predicted molar refractivity (Wildman–Crippen MR) is 133 cm³/mol. The van der Waals surface area contributed by atoms with Crippen molar-refractivity contribution < 1.29 is 9.53 Å². The van der Waals surface area contributed by atoms with E-state index in [2.05, 4.69) is 9.97 Å². The molecule has 3 heterocycles. The second-order valence-electron chi connectivity index (χ2n) is 8.98. The summed E-state index contributed by atoms with van der Waals surface area (Å²) in [6, 6.07) is 7.61. The Morgan fingerprint density at radius 2 is 1.89 bits per heavy atom. The SMILES string of the molecule is CCCCn1c(=O)[nH]c(=O)c2c1nc(COC(=O)c1c3c(nc4ccccc14)CCC3)n2CCC. The largest absolute Gasteiger partial charge is 0.454 e. The van der Waals surface area contributed by atoms with Gasteiger partial charge >= 0.3 is 11.7 Å². The summed E-state index contributed by atoms with van der Waals surface area (Å²) in [5, 5.41) is 0.782. The van der Waals surface area contributed by atoms with Gasteiger partial charge in [-0.15, -0.1) is 0 Å². The van der Waals surface area contributed by atoms with Gasteiger partial charge in [-0.3, -0.25) is 19.3 Å². The van der Waals surface area contributed by atoms with Crippen LogP contribution in [0.25, 0.3) is 22.1 Å². The molecule has 1 aliphatic carbocycles. The number of unbranched alkanes of at least 4 members (excludes halogenated alkanes) is 1. The summed E-state index contributed by atoms with van der Waals surface area (Å²) in [5.41, 5.74) is 2.99. The average molecular weight is 476 g/mol. The Morgan fingerprint density at radius 1 is 1.06 bits per heavy atom. The third kappa shape index (κ3) is 4.05. The number of para-hydroxylation sites is 1. The second-order valence-corrected chi connectivity index (χ2v) is 8.98. The van der Waals surface area contributed by atoms with Crippen molar-refractivity contribution >= 4 is 28.0 Å². The molecule has 0 unspecified atom stereocenters. The highest BCUT2D eigenvalue weighted by Gasteiger charge is 2.26. The number of hydrogen-bond acceptors (Lipinski definition) is 6. The van der Waals surface area contributed by atoms with Crippen molar-refractivity contribution in [1.82, 2.24) is 24.1 Å². The van der Waals surface area contributed by atoms with E-state index in [4.69, 9.17) is 9.72 Å². The number of pyridine rings is 1. The van der Waals surface area contributed by atoms with Crippen LogP contribution in [0.2, 0.25) is 0 Å². The molecule has 1 aromatic carbocycles. The smallest absolute Gasteiger partial charge is 0.339 e. The van der Waals surface area contributed by atoms with Gasteiger partial charge < -0.3 is 9.30 Å². The number of hydrogen-bond donors (Lipinski definition) is 1. The molecule has 35 heavy (non-hydrogen) atoms. The number of nitrogens with one attached hydrogen (secondary N) is 1. The first-order chi connectivity index (χ1) is 17.0. The van der Waals surface area contributed by atoms with Crippen LogP contribution in [-0.4, -0.2) is 30.1 Å². The molecule has 0 fully saturated rings. The van der Waals surface area contributed by atoms with Gasteiger partial charge in [0.05, 0.1) is 11.1 Å². The van der Waals surface area contributed by atoms with Crippen LogP contribution in [0.5, 0.6) is 0 Å². The van der Waals surface area contributed by atoms with Crippen molar-refractivity contribution in [3.8, 4) is 0 Å². The number of nitrogens with zero attached hydrogens (tertiary/aromatic N) is 4. The lowest BCUT2D eigenvalue weighted by atomic mass is 10.0. The lowest BCUT2D eigenvalue weighted by Crippen LogP contribution is -2.31. The summed E-state index contributed by atoms with van der Waals surface area (Å²) in [5.74, 6) is 0.0284. The Hall–Kier alpha value is -3.75. The van der Waals surface area contributed by atoms with Gasteiger partial charge in [0.25, 0.3) is 5.56 Å². The molecule has 182 valence electrons. The van der Waals surface area contributed by atoms with Crippen LogP contribution in [0.1, 0.15) is 67.0 Å². The number of esters is 1. The molecule has 0 saturated heterocycles. The number of benzene rings is 1. The fourth-order valence-corrected chi connectivity index (χ4v) is 4.96. The van der Waals surface area contributed by atoms with Gasteiger partial charge in [0.1, 0.15) is 12.4 Å². The summed E-state index contributed by atoms with van der Waals surface area (Å²) in [7, 11) is 0. The summed E-state index contributed by atoms with van der Waals surface area (Å²) in [6.45, 7) is 4.91. The molecule has 0 aliphatic heterocycles. The molecular formula is C26H29N5O4. The minimum absolute atomic E-state index is 0.0969. The van der Waals surface area contributed by atoms with Crippen molar-refractivity contribution in [2.75, 3.05) is 0 Å². The van der Waals surface area contributed by atoms with Crippen molar-refractivity contribution in [1.29, 1.82) is 0 Å². The molecule has 9 heteroatoms. The van der Waals surface area contributed by atoms with Crippen molar-refractivity contribution in [2.45, 2.75) is 72.1 Å². The maximum absolute atomic E-state index is 13.4. The van der Waals surface area contributed by atoms with Gasteiger partial charge in [0.15, 0.2) is 11.2 Å². The fraction of sp³-hybridized carbons (Fsp3) is 0.423. The van der Waals surface area contributed by atoms with E-state index in [1.165, 1.54) is 4.57 Å². The molecular weight excluding hydrogens is 446 g/mol. The molecule has 1 N–H and O–H groups in total. The minimum Gasteiger partial charge on any atom is -0.454 e. The Morgan fingerprint density at radius 3 is 2.69 bits per heavy atom. The number of carbonyl (C=O) groups excluding carboxylic acids is 1. The fourth-order valence-electron chi connectivity index (χ4n) is 4.96. The quantitative estimate of drug-likeness (QED) is 0.391. The average Bonchev–Trinajstić information content (AvgIpc) is 3.46. The highest BCUT2D eigenvalue weighted by molar-refractivity contribution is 6.05. The summed E-state index contributed by atoms with van der Waals surface area (Å²) in [4.78, 5) is 50.4. The Labute approximate surface area is 201 Å². The van der Waals surface area contributed by atoms with Crippen LogP contribution >= 0.6 is 0 Å². The Bertz CT molecular complexity index is 1550. The third-order valence-electron chi connectivity index (χ3n) is 6.60. The van der Waals surface area contributed by atoms with Crippen LogP contribution in [0.3, 0.4) is 0 Å². The first kappa shape index (κ1) is 23.0. The molecule has 0 atom stereocenters. The molecule has 0 bridgehead atoms. The van der Waals surface area contributed by atoms with Crippen LogP contribution < -0.4 is 11.2 Å². The number of aromatic amines is 1. The van der Waals surface area contributed by atoms with Crippen molar-refractivity contribution in [2.24, 2.45) is 0 Å². The van der Waals surface area contributed by atoms with Gasteiger partial charge in [0.2, 0.25) is 0 Å². The number of carbonyl (C=O) groups is 1. The predicted octanol–water partition coefficient (Wildman–Crippen LogP) is 3.49. The van der Waals surface area contributed by atoms with E-state index >= 15 is 0 Å². The van der Waals surface area contributed by atoms with Gasteiger partial charge in [-0.25, -0.2) is 14.6 Å². The monoisotopic (exact) mass is 475 g/mol. The molecule has 0 radical (unpaired) electrons. The number of H-pyrrole nitrogens is 1. The number of fused-ring (bicyclic) bond motifs is 3. The van der Waals surface area contributed by atoms with Crippen molar-refractivity contribution in [3.63, 3.8) is 0 Å². The standard InChI is InChI=1S/C26H29N5O4/c1-3-5-14-31-23-22(24(32)29-26(31)34)30(13-4-2)20(28-23)15-35-25(33)21-16-9-6-7-11-18(16)27-19-12-8-10-17(19)21/h6-7,9,11H,3-5,8,10,12-15H2,1-2H3,(H,29,32,34). The number of ether oxygens (including phenoxy) is 1. The Balaban J connectivity index is 1.54. The maximum atomic E-state index is 13.4. The van der Waals surface area contributed by atoms with Gasteiger partial charge in [0, 0.05) is 24.2 Å². The number of rotatable bonds is 8. The first-order valence-electron chi connectivity index (χ1n) is 12.3. The second kappa shape index (κ2) is 9.48. The lowest BCUT2D eigenvalue weighted by Gasteiger charge is -2.12. The van der Waals surface area contributed by atoms with Crippen LogP contribution in [0.15, 0.2) is 33.9 Å². The topological polar surface area (TPSA) is 112 Å². The molecule has 9 nitrogen and oxygen atoms in total. The van der Waals surface area contributed by atoms with Crippen LogP contribution in [-0.2, 0) is 37.3 Å². The molecule has 5 rings (SSSR count). The number of imidazole rings is 1. The zero-order chi connectivity index (χ0) is 24.5.